The van der Waals surface area contributed by atoms with Crippen LogP contribution in [0.25, 0.3) is 0 Å². The maximum Gasteiger partial charge on any atom is 0.308 e. The number of amides is 1. The van der Waals surface area contributed by atoms with E-state index in [9.17, 15) is 9.59 Å². The molecule has 2 aliphatic rings. The van der Waals surface area contributed by atoms with Crippen molar-refractivity contribution in [2.75, 3.05) is 0 Å². The van der Waals surface area contributed by atoms with Gasteiger partial charge in [-0.15, -0.1) is 0 Å². The van der Waals surface area contributed by atoms with Gasteiger partial charge in [-0.3, -0.25) is 9.59 Å². The zero-order valence-electron chi connectivity index (χ0n) is 8.95. The zero-order valence-corrected chi connectivity index (χ0v) is 8.95. The number of rotatable bonds is 3. The van der Waals surface area contributed by atoms with Crippen LogP contribution in [0.4, 0.5) is 0 Å². The molecule has 2 saturated carbocycles. The van der Waals surface area contributed by atoms with Crippen LogP contribution in [0.5, 0.6) is 0 Å². The molecule has 84 valence electrons. The van der Waals surface area contributed by atoms with E-state index in [2.05, 4.69) is 5.32 Å². The molecule has 4 nitrogen and oxygen atoms in total. The molecular weight excluding hydrogens is 194 g/mol. The summed E-state index contributed by atoms with van der Waals surface area (Å²) in [5.41, 5.74) is -0.203. The Hall–Kier alpha value is -1.06. The summed E-state index contributed by atoms with van der Waals surface area (Å²) < 4.78 is 0. The van der Waals surface area contributed by atoms with Gasteiger partial charge < -0.3 is 10.4 Å². The van der Waals surface area contributed by atoms with Crippen LogP contribution in [-0.2, 0) is 9.59 Å². The first kappa shape index (κ1) is 10.5. The summed E-state index contributed by atoms with van der Waals surface area (Å²) in [5, 5.41) is 11.9. The predicted octanol–water partition coefficient (Wildman–Crippen LogP) is 1.16. The fourth-order valence-electron chi connectivity index (χ4n) is 2.19. The van der Waals surface area contributed by atoms with Crippen molar-refractivity contribution in [3.63, 3.8) is 0 Å². The van der Waals surface area contributed by atoms with E-state index in [1.54, 1.807) is 0 Å². The molecule has 0 aromatic heterocycles. The number of hydrogen-bond donors (Lipinski definition) is 2. The van der Waals surface area contributed by atoms with E-state index in [1.807, 2.05) is 6.92 Å². The number of carbonyl (C=O) groups excluding carboxylic acids is 1. The minimum absolute atomic E-state index is 0.0423. The van der Waals surface area contributed by atoms with Crippen LogP contribution in [0.1, 0.15) is 39.0 Å². The highest BCUT2D eigenvalue weighted by molar-refractivity contribution is 5.85. The molecule has 0 radical (unpaired) electrons. The van der Waals surface area contributed by atoms with Crippen molar-refractivity contribution in [1.29, 1.82) is 0 Å². The molecule has 0 saturated heterocycles. The first-order valence-electron chi connectivity index (χ1n) is 5.57. The van der Waals surface area contributed by atoms with Crippen LogP contribution < -0.4 is 5.32 Å². The summed E-state index contributed by atoms with van der Waals surface area (Å²) in [6, 6.07) is -0.146. The van der Waals surface area contributed by atoms with Gasteiger partial charge in [0, 0.05) is 11.5 Å². The zero-order chi connectivity index (χ0) is 11.1. The summed E-state index contributed by atoms with van der Waals surface area (Å²) in [4.78, 5) is 22.7. The summed E-state index contributed by atoms with van der Waals surface area (Å²) >= 11 is 0. The second-order valence-electron chi connectivity index (χ2n) is 5.02. The highest BCUT2D eigenvalue weighted by Crippen LogP contribution is 2.45. The lowest BCUT2D eigenvalue weighted by atomic mass is 10.0. The standard InChI is InChI=1S/C11H17NO3/c1-11(5-6-11)10(15)12-8-4-2-3-7(8)9(13)14/h7-8H,2-6H2,1H3,(H,12,15)(H,13,14). The fourth-order valence-corrected chi connectivity index (χ4v) is 2.19. The molecule has 0 aromatic carbocycles. The minimum Gasteiger partial charge on any atom is -0.481 e. The SMILES string of the molecule is CC1(C(=O)NC2CCCC2C(=O)O)CC1. The molecular formula is C11H17NO3. The molecule has 0 aromatic rings. The second-order valence-corrected chi connectivity index (χ2v) is 5.02. The lowest BCUT2D eigenvalue weighted by Gasteiger charge is -2.19. The van der Waals surface area contributed by atoms with Crippen molar-refractivity contribution < 1.29 is 14.7 Å². The van der Waals surface area contributed by atoms with Gasteiger partial charge in [-0.05, 0) is 25.7 Å². The first-order chi connectivity index (χ1) is 7.03. The molecule has 2 unspecified atom stereocenters. The van der Waals surface area contributed by atoms with E-state index in [0.29, 0.717) is 6.42 Å². The van der Waals surface area contributed by atoms with Gasteiger partial charge in [0.15, 0.2) is 0 Å². The Labute approximate surface area is 89.0 Å². The number of carbonyl (C=O) groups is 2. The second kappa shape index (κ2) is 3.51. The fraction of sp³-hybridized carbons (Fsp3) is 0.818. The van der Waals surface area contributed by atoms with E-state index >= 15 is 0 Å². The average molecular weight is 211 g/mol. The van der Waals surface area contributed by atoms with Crippen molar-refractivity contribution in [3.05, 3.63) is 0 Å². The van der Waals surface area contributed by atoms with Gasteiger partial charge in [0.25, 0.3) is 0 Å². The number of carboxylic acids is 1. The van der Waals surface area contributed by atoms with Crippen molar-refractivity contribution in [3.8, 4) is 0 Å². The van der Waals surface area contributed by atoms with Gasteiger partial charge >= 0.3 is 5.97 Å². The smallest absolute Gasteiger partial charge is 0.308 e. The number of hydrogen-bond acceptors (Lipinski definition) is 2. The Kier molecular flexibility index (Phi) is 2.44. The molecule has 1 amide bonds. The molecule has 2 atom stereocenters. The molecule has 0 heterocycles. The van der Waals surface area contributed by atoms with E-state index < -0.39 is 5.97 Å². The normalized spacial score (nSPS) is 32.3. The molecule has 0 bridgehead atoms. The largest absolute Gasteiger partial charge is 0.481 e. The third-order valence-electron chi connectivity index (χ3n) is 3.70. The van der Waals surface area contributed by atoms with Crippen LogP contribution in [-0.4, -0.2) is 23.0 Å². The summed E-state index contributed by atoms with van der Waals surface area (Å²) in [5.74, 6) is -1.12. The molecule has 0 spiro atoms. The molecule has 2 fully saturated rings. The van der Waals surface area contributed by atoms with Crippen molar-refractivity contribution in [2.45, 2.75) is 45.1 Å². The van der Waals surface area contributed by atoms with Gasteiger partial charge in [0.05, 0.1) is 5.92 Å². The van der Waals surface area contributed by atoms with Gasteiger partial charge in [0.1, 0.15) is 0 Å². The Morgan fingerprint density at radius 3 is 2.53 bits per heavy atom. The molecule has 0 aliphatic heterocycles. The van der Waals surface area contributed by atoms with Crippen LogP contribution in [0.15, 0.2) is 0 Å². The Morgan fingerprint density at radius 2 is 2.00 bits per heavy atom. The highest BCUT2D eigenvalue weighted by atomic mass is 16.4. The van der Waals surface area contributed by atoms with E-state index in [-0.39, 0.29) is 23.3 Å². The van der Waals surface area contributed by atoms with E-state index in [1.165, 1.54) is 0 Å². The van der Waals surface area contributed by atoms with Crippen molar-refractivity contribution in [2.24, 2.45) is 11.3 Å². The molecule has 2 aliphatic carbocycles. The topological polar surface area (TPSA) is 66.4 Å². The number of carboxylic acid groups (broad SMARTS) is 1. The lowest BCUT2D eigenvalue weighted by Crippen LogP contribution is -2.43. The average Bonchev–Trinajstić information content (AvgIpc) is 2.77. The summed E-state index contributed by atoms with van der Waals surface area (Å²) in [6.45, 7) is 1.94. The van der Waals surface area contributed by atoms with Crippen LogP contribution in [0.2, 0.25) is 0 Å². The first-order valence-corrected chi connectivity index (χ1v) is 5.57. The summed E-state index contributed by atoms with van der Waals surface area (Å²) in [6.07, 6.45) is 4.26. The number of nitrogens with one attached hydrogen (secondary N) is 1. The Balaban J connectivity index is 1.93. The van der Waals surface area contributed by atoms with Crippen LogP contribution in [0, 0.1) is 11.3 Å². The van der Waals surface area contributed by atoms with E-state index in [4.69, 9.17) is 5.11 Å². The quantitative estimate of drug-likeness (QED) is 0.736. The van der Waals surface area contributed by atoms with Gasteiger partial charge in [-0.2, -0.15) is 0 Å². The molecule has 2 rings (SSSR count). The maximum absolute atomic E-state index is 11.7. The van der Waals surface area contributed by atoms with Crippen LogP contribution >= 0.6 is 0 Å². The number of aliphatic carboxylic acids is 1. The van der Waals surface area contributed by atoms with Crippen molar-refractivity contribution in [1.82, 2.24) is 5.32 Å². The van der Waals surface area contributed by atoms with Gasteiger partial charge in [0.2, 0.25) is 5.91 Å². The third kappa shape index (κ3) is 1.98. The van der Waals surface area contributed by atoms with Crippen molar-refractivity contribution >= 4 is 11.9 Å². The van der Waals surface area contributed by atoms with Crippen LogP contribution in [0.3, 0.4) is 0 Å². The Bertz CT molecular complexity index is 296. The lowest BCUT2D eigenvalue weighted by molar-refractivity contribution is -0.142. The Morgan fingerprint density at radius 1 is 1.33 bits per heavy atom. The predicted molar refractivity (Wildman–Crippen MR) is 54.2 cm³/mol. The molecule has 2 N–H and O–H groups in total. The molecule has 15 heavy (non-hydrogen) atoms. The summed E-state index contributed by atoms with van der Waals surface area (Å²) in [7, 11) is 0. The minimum atomic E-state index is -0.779. The third-order valence-corrected chi connectivity index (χ3v) is 3.70. The molecule has 4 heteroatoms. The van der Waals surface area contributed by atoms with E-state index in [0.717, 1.165) is 25.7 Å². The van der Waals surface area contributed by atoms with Gasteiger partial charge in [-0.1, -0.05) is 13.3 Å². The monoisotopic (exact) mass is 211 g/mol. The van der Waals surface area contributed by atoms with Gasteiger partial charge in [-0.25, -0.2) is 0 Å². The highest BCUT2D eigenvalue weighted by Gasteiger charge is 2.46. The maximum atomic E-state index is 11.7.